The molecule has 0 aromatic heterocycles. The van der Waals surface area contributed by atoms with Crippen molar-refractivity contribution in [2.24, 2.45) is 5.92 Å². The Kier molecular flexibility index (Phi) is 6.27. The third-order valence-electron chi connectivity index (χ3n) is 4.12. The first kappa shape index (κ1) is 18.0. The second-order valence-corrected chi connectivity index (χ2v) is 7.57. The molecule has 0 unspecified atom stereocenters. The van der Waals surface area contributed by atoms with Crippen LogP contribution in [0.3, 0.4) is 0 Å². The number of hydrogen-bond donors (Lipinski definition) is 2. The maximum Gasteiger partial charge on any atom is 0.407 e. The third kappa shape index (κ3) is 7.20. The molecule has 2 aliphatic rings. The fraction of sp³-hybridized carbons (Fsp3) is 0.882. The molecule has 0 aromatic carbocycles. The second kappa shape index (κ2) is 7.99. The topological polar surface area (TPSA) is 76.7 Å². The van der Waals surface area contributed by atoms with E-state index in [9.17, 15) is 9.59 Å². The number of rotatable bonds is 7. The molecule has 2 N–H and O–H groups in total. The summed E-state index contributed by atoms with van der Waals surface area (Å²) in [6.45, 7) is 6.73. The van der Waals surface area contributed by atoms with Gasteiger partial charge in [-0.3, -0.25) is 4.79 Å². The first-order chi connectivity index (χ1) is 10.8. The van der Waals surface area contributed by atoms with Gasteiger partial charge in [0.25, 0.3) is 0 Å². The summed E-state index contributed by atoms with van der Waals surface area (Å²) < 4.78 is 10.8. The van der Waals surface area contributed by atoms with Gasteiger partial charge in [-0.15, -0.1) is 0 Å². The lowest BCUT2D eigenvalue weighted by Crippen LogP contribution is -2.46. The Hall–Kier alpha value is -1.30. The summed E-state index contributed by atoms with van der Waals surface area (Å²) in [7, 11) is 0. The van der Waals surface area contributed by atoms with E-state index in [-0.39, 0.29) is 18.1 Å². The maximum atomic E-state index is 12.1. The SMILES string of the molecule is CC(C)(C)OC(=O)NC[C@@H](NC(=O)CC[C@@H]1CCCO1)C1CC1. The number of carbonyl (C=O) groups excluding carboxylic acids is 2. The largest absolute Gasteiger partial charge is 0.444 e. The summed E-state index contributed by atoms with van der Waals surface area (Å²) in [5.74, 6) is 0.514. The van der Waals surface area contributed by atoms with Crippen molar-refractivity contribution in [1.82, 2.24) is 10.6 Å². The van der Waals surface area contributed by atoms with Crippen LogP contribution in [0.15, 0.2) is 0 Å². The van der Waals surface area contributed by atoms with Gasteiger partial charge >= 0.3 is 6.09 Å². The zero-order chi connectivity index (χ0) is 16.9. The molecule has 0 aromatic rings. The molecular weight excluding hydrogens is 296 g/mol. The van der Waals surface area contributed by atoms with Crippen LogP contribution in [0.25, 0.3) is 0 Å². The fourth-order valence-electron chi connectivity index (χ4n) is 2.78. The van der Waals surface area contributed by atoms with Gasteiger partial charge in [-0.25, -0.2) is 4.79 Å². The van der Waals surface area contributed by atoms with E-state index in [0.717, 1.165) is 38.7 Å². The smallest absolute Gasteiger partial charge is 0.407 e. The van der Waals surface area contributed by atoms with Crippen molar-refractivity contribution in [3.05, 3.63) is 0 Å². The molecule has 132 valence electrons. The lowest BCUT2D eigenvalue weighted by atomic mass is 10.1. The van der Waals surface area contributed by atoms with Crippen LogP contribution >= 0.6 is 0 Å². The van der Waals surface area contributed by atoms with E-state index >= 15 is 0 Å². The minimum Gasteiger partial charge on any atom is -0.444 e. The van der Waals surface area contributed by atoms with E-state index in [2.05, 4.69) is 10.6 Å². The summed E-state index contributed by atoms with van der Waals surface area (Å²) in [6.07, 6.45) is 5.43. The molecule has 1 saturated heterocycles. The van der Waals surface area contributed by atoms with Crippen LogP contribution in [0.4, 0.5) is 4.79 Å². The number of ether oxygens (including phenoxy) is 2. The Morgan fingerprint density at radius 2 is 2.00 bits per heavy atom. The lowest BCUT2D eigenvalue weighted by Gasteiger charge is -2.22. The van der Waals surface area contributed by atoms with Crippen LogP contribution in [0.2, 0.25) is 0 Å². The quantitative estimate of drug-likeness (QED) is 0.753. The van der Waals surface area contributed by atoms with E-state index in [0.29, 0.717) is 18.9 Å². The Balaban J connectivity index is 1.68. The Morgan fingerprint density at radius 1 is 1.26 bits per heavy atom. The Morgan fingerprint density at radius 3 is 2.57 bits per heavy atom. The van der Waals surface area contributed by atoms with Gasteiger partial charge in [0.1, 0.15) is 5.60 Å². The summed E-state index contributed by atoms with van der Waals surface area (Å²) >= 11 is 0. The van der Waals surface area contributed by atoms with Gasteiger partial charge in [-0.1, -0.05) is 0 Å². The van der Waals surface area contributed by atoms with E-state index in [1.165, 1.54) is 0 Å². The monoisotopic (exact) mass is 326 g/mol. The van der Waals surface area contributed by atoms with Crippen molar-refractivity contribution in [2.75, 3.05) is 13.2 Å². The van der Waals surface area contributed by atoms with Crippen molar-refractivity contribution in [3.63, 3.8) is 0 Å². The molecule has 23 heavy (non-hydrogen) atoms. The van der Waals surface area contributed by atoms with Crippen LogP contribution in [0.5, 0.6) is 0 Å². The van der Waals surface area contributed by atoms with Crippen LogP contribution in [-0.2, 0) is 14.3 Å². The molecule has 2 amide bonds. The summed E-state index contributed by atoms with van der Waals surface area (Å²) in [5, 5.41) is 5.82. The lowest BCUT2D eigenvalue weighted by molar-refractivity contribution is -0.122. The van der Waals surface area contributed by atoms with Crippen molar-refractivity contribution in [3.8, 4) is 0 Å². The molecule has 1 aliphatic carbocycles. The van der Waals surface area contributed by atoms with Gasteiger partial charge in [0.05, 0.1) is 6.10 Å². The van der Waals surface area contributed by atoms with E-state index < -0.39 is 11.7 Å². The molecule has 0 bridgehead atoms. The highest BCUT2D eigenvalue weighted by molar-refractivity contribution is 5.76. The van der Waals surface area contributed by atoms with Gasteiger partial charge in [-0.2, -0.15) is 0 Å². The van der Waals surface area contributed by atoms with Gasteiger partial charge in [0.15, 0.2) is 0 Å². The summed E-state index contributed by atoms with van der Waals surface area (Å²) in [5.41, 5.74) is -0.510. The van der Waals surface area contributed by atoms with Crippen molar-refractivity contribution in [1.29, 1.82) is 0 Å². The third-order valence-corrected chi connectivity index (χ3v) is 4.12. The number of hydrogen-bond acceptors (Lipinski definition) is 4. The van der Waals surface area contributed by atoms with Crippen LogP contribution < -0.4 is 10.6 Å². The number of carbonyl (C=O) groups is 2. The van der Waals surface area contributed by atoms with Crippen molar-refractivity contribution in [2.45, 2.75) is 77.0 Å². The highest BCUT2D eigenvalue weighted by atomic mass is 16.6. The number of alkyl carbamates (subject to hydrolysis) is 1. The van der Waals surface area contributed by atoms with Crippen molar-refractivity contribution >= 4 is 12.0 Å². The van der Waals surface area contributed by atoms with Crippen molar-refractivity contribution < 1.29 is 19.1 Å². The molecule has 1 heterocycles. The minimum atomic E-state index is -0.510. The zero-order valence-corrected chi connectivity index (χ0v) is 14.5. The predicted molar refractivity (Wildman–Crippen MR) is 87.1 cm³/mol. The van der Waals surface area contributed by atoms with Crippen LogP contribution in [0, 0.1) is 5.92 Å². The normalized spacial score (nSPS) is 22.5. The molecule has 2 fully saturated rings. The Bertz CT molecular complexity index is 409. The second-order valence-electron chi connectivity index (χ2n) is 7.57. The molecule has 1 aliphatic heterocycles. The Labute approximate surface area is 138 Å². The predicted octanol–water partition coefficient (Wildman–Crippen LogP) is 2.37. The average molecular weight is 326 g/mol. The molecule has 0 radical (unpaired) electrons. The molecule has 2 rings (SSSR count). The molecule has 0 spiro atoms. The number of amides is 2. The van der Waals surface area contributed by atoms with Crippen LogP contribution in [-0.4, -0.2) is 42.9 Å². The number of nitrogens with one attached hydrogen (secondary N) is 2. The summed E-state index contributed by atoms with van der Waals surface area (Å²) in [4.78, 5) is 23.8. The fourth-order valence-corrected chi connectivity index (χ4v) is 2.78. The first-order valence-electron chi connectivity index (χ1n) is 8.71. The van der Waals surface area contributed by atoms with E-state index in [1.54, 1.807) is 0 Å². The maximum absolute atomic E-state index is 12.1. The van der Waals surface area contributed by atoms with Gasteiger partial charge in [0, 0.05) is 25.6 Å². The highest BCUT2D eigenvalue weighted by Crippen LogP contribution is 2.32. The molecule has 6 nitrogen and oxygen atoms in total. The van der Waals surface area contributed by atoms with Gasteiger partial charge in [0.2, 0.25) is 5.91 Å². The molecule has 6 heteroatoms. The van der Waals surface area contributed by atoms with E-state index in [4.69, 9.17) is 9.47 Å². The molecule has 1 saturated carbocycles. The molecular formula is C17H30N2O4. The zero-order valence-electron chi connectivity index (χ0n) is 14.5. The van der Waals surface area contributed by atoms with Gasteiger partial charge < -0.3 is 20.1 Å². The van der Waals surface area contributed by atoms with E-state index in [1.807, 2.05) is 20.8 Å². The summed E-state index contributed by atoms with van der Waals surface area (Å²) in [6, 6.07) is -0.000449. The van der Waals surface area contributed by atoms with Gasteiger partial charge in [-0.05, 0) is 58.8 Å². The first-order valence-corrected chi connectivity index (χ1v) is 8.71. The highest BCUT2D eigenvalue weighted by Gasteiger charge is 2.33. The standard InChI is InChI=1S/C17H30N2O4/c1-17(2,3)23-16(21)18-11-14(12-6-7-12)19-15(20)9-8-13-5-4-10-22-13/h12-14H,4-11H2,1-3H3,(H,18,21)(H,19,20)/t13-,14+/m0/s1. The van der Waals surface area contributed by atoms with Crippen LogP contribution in [0.1, 0.15) is 59.3 Å². The minimum absolute atomic E-state index is 0.000449. The average Bonchev–Trinajstić information content (AvgIpc) is 3.15. The molecule has 2 atom stereocenters.